The van der Waals surface area contributed by atoms with Gasteiger partial charge in [0.1, 0.15) is 0 Å². The van der Waals surface area contributed by atoms with Crippen molar-refractivity contribution in [2.24, 2.45) is 5.73 Å². The Balaban J connectivity index is 2.04. The number of fused-ring (bicyclic) bond motifs is 1. The molecule has 4 heteroatoms. The maximum absolute atomic E-state index is 6.31. The number of hydrogen-bond donors (Lipinski definition) is 1. The Bertz CT molecular complexity index is 481. The van der Waals surface area contributed by atoms with Crippen molar-refractivity contribution in [2.45, 2.75) is 44.4 Å². The fourth-order valence-electron chi connectivity index (χ4n) is 2.45. The van der Waals surface area contributed by atoms with Crippen LogP contribution in [0.4, 0.5) is 0 Å². The molecule has 1 fully saturated rings. The molecule has 92 valence electrons. The number of rotatable bonds is 1. The van der Waals surface area contributed by atoms with Crippen molar-refractivity contribution in [1.82, 2.24) is 0 Å². The zero-order valence-electron chi connectivity index (χ0n) is 10.0. The molecule has 0 bridgehead atoms. The highest BCUT2D eigenvalue weighted by molar-refractivity contribution is 6.31. The third kappa shape index (κ3) is 1.69. The van der Waals surface area contributed by atoms with Gasteiger partial charge in [-0.25, -0.2) is 0 Å². The van der Waals surface area contributed by atoms with Crippen molar-refractivity contribution < 1.29 is 9.47 Å². The largest absolute Gasteiger partial charge is 0.449 e. The van der Waals surface area contributed by atoms with E-state index in [1.54, 1.807) is 0 Å². The third-order valence-electron chi connectivity index (χ3n) is 3.53. The molecule has 0 aromatic heterocycles. The average molecular weight is 254 g/mol. The van der Waals surface area contributed by atoms with Crippen molar-refractivity contribution in [2.75, 3.05) is 0 Å². The molecule has 2 N–H and O–H groups in total. The zero-order chi connectivity index (χ0) is 12.3. The van der Waals surface area contributed by atoms with Crippen LogP contribution in [0, 0.1) is 0 Å². The smallest absolute Gasteiger partial charge is 0.246 e. The minimum atomic E-state index is -0.619. The molecular weight excluding hydrogens is 238 g/mol. The van der Waals surface area contributed by atoms with Gasteiger partial charge in [-0.1, -0.05) is 11.6 Å². The van der Waals surface area contributed by atoms with E-state index >= 15 is 0 Å². The van der Waals surface area contributed by atoms with Gasteiger partial charge >= 0.3 is 0 Å². The monoisotopic (exact) mass is 253 g/mol. The first-order chi connectivity index (χ1) is 7.90. The van der Waals surface area contributed by atoms with E-state index in [2.05, 4.69) is 0 Å². The summed E-state index contributed by atoms with van der Waals surface area (Å²) in [5.74, 6) is 0.823. The molecule has 17 heavy (non-hydrogen) atoms. The summed E-state index contributed by atoms with van der Waals surface area (Å²) < 4.78 is 11.4. The van der Waals surface area contributed by atoms with Gasteiger partial charge in [-0.3, -0.25) is 0 Å². The highest BCUT2D eigenvalue weighted by Crippen LogP contribution is 2.48. The lowest BCUT2D eigenvalue weighted by molar-refractivity contribution is -0.0431. The number of halogens is 1. The summed E-state index contributed by atoms with van der Waals surface area (Å²) in [4.78, 5) is 0. The lowest BCUT2D eigenvalue weighted by Gasteiger charge is -2.39. The van der Waals surface area contributed by atoms with E-state index in [-0.39, 0.29) is 5.54 Å². The van der Waals surface area contributed by atoms with Crippen molar-refractivity contribution in [1.29, 1.82) is 0 Å². The van der Waals surface area contributed by atoms with Crippen LogP contribution in [-0.2, 0) is 5.54 Å². The molecule has 1 aliphatic heterocycles. The van der Waals surface area contributed by atoms with Crippen molar-refractivity contribution in [3.05, 3.63) is 22.7 Å². The summed E-state index contributed by atoms with van der Waals surface area (Å²) in [5.41, 5.74) is 7.01. The molecule has 0 unspecified atom stereocenters. The van der Waals surface area contributed by atoms with Gasteiger partial charge in [0.2, 0.25) is 5.79 Å². The molecule has 0 spiro atoms. The summed E-state index contributed by atoms with van der Waals surface area (Å²) in [6.07, 6.45) is 3.12. The molecule has 3 rings (SSSR count). The first-order valence-corrected chi connectivity index (χ1v) is 6.28. The van der Waals surface area contributed by atoms with E-state index in [1.807, 2.05) is 26.0 Å². The lowest BCUT2D eigenvalue weighted by atomic mass is 9.72. The molecule has 0 saturated heterocycles. The molecule has 1 aromatic rings. The first-order valence-electron chi connectivity index (χ1n) is 5.91. The molecule has 0 amide bonds. The summed E-state index contributed by atoms with van der Waals surface area (Å²) in [6.45, 7) is 3.75. The Kier molecular flexibility index (Phi) is 2.17. The molecule has 3 nitrogen and oxygen atoms in total. The molecule has 1 aliphatic carbocycles. The first kappa shape index (κ1) is 11.2. The molecular formula is C13H16ClNO2. The van der Waals surface area contributed by atoms with E-state index in [1.165, 1.54) is 0 Å². The second kappa shape index (κ2) is 3.30. The predicted molar refractivity (Wildman–Crippen MR) is 66.5 cm³/mol. The highest BCUT2D eigenvalue weighted by Gasteiger charge is 2.39. The van der Waals surface area contributed by atoms with Crippen LogP contribution < -0.4 is 15.2 Å². The van der Waals surface area contributed by atoms with Gasteiger partial charge in [0.05, 0.1) is 0 Å². The van der Waals surface area contributed by atoms with Gasteiger partial charge in [0, 0.05) is 30.5 Å². The second-order valence-electron chi connectivity index (χ2n) is 5.39. The van der Waals surface area contributed by atoms with E-state index in [0.29, 0.717) is 10.8 Å². The maximum atomic E-state index is 6.31. The number of hydrogen-bond acceptors (Lipinski definition) is 3. The van der Waals surface area contributed by atoms with E-state index in [0.717, 1.165) is 30.6 Å². The van der Waals surface area contributed by atoms with Gasteiger partial charge < -0.3 is 15.2 Å². The lowest BCUT2D eigenvalue weighted by Crippen LogP contribution is -2.43. The summed E-state index contributed by atoms with van der Waals surface area (Å²) >= 11 is 6.28. The molecule has 0 radical (unpaired) electrons. The Labute approximate surface area is 106 Å². The quantitative estimate of drug-likeness (QED) is 0.836. The SMILES string of the molecule is CC1(C)Oc2cc(Cl)c(C3(N)CCC3)cc2O1. The standard InChI is InChI=1S/C13H16ClNO2/c1-12(2)16-10-6-8(13(15)4-3-5-13)9(14)7-11(10)17-12/h6-7H,3-5,15H2,1-2H3. The number of nitrogens with two attached hydrogens (primary N) is 1. The van der Waals surface area contributed by atoms with Crippen LogP contribution in [-0.4, -0.2) is 5.79 Å². The zero-order valence-corrected chi connectivity index (χ0v) is 10.8. The Morgan fingerprint density at radius 2 is 1.76 bits per heavy atom. The van der Waals surface area contributed by atoms with Gasteiger partial charge in [-0.2, -0.15) is 0 Å². The van der Waals surface area contributed by atoms with Crippen molar-refractivity contribution >= 4 is 11.6 Å². The van der Waals surface area contributed by atoms with Gasteiger partial charge in [-0.05, 0) is 30.9 Å². The van der Waals surface area contributed by atoms with Crippen LogP contribution in [0.2, 0.25) is 5.02 Å². The van der Waals surface area contributed by atoms with Gasteiger partial charge in [0.25, 0.3) is 0 Å². The third-order valence-corrected chi connectivity index (χ3v) is 3.84. The normalized spacial score (nSPS) is 23.3. The van der Waals surface area contributed by atoms with Crippen LogP contribution in [0.1, 0.15) is 38.7 Å². The molecule has 2 aliphatic rings. The molecule has 1 aromatic carbocycles. The summed E-state index contributed by atoms with van der Waals surface area (Å²) in [7, 11) is 0. The fraction of sp³-hybridized carbons (Fsp3) is 0.538. The minimum Gasteiger partial charge on any atom is -0.449 e. The van der Waals surface area contributed by atoms with Crippen molar-refractivity contribution in [3.63, 3.8) is 0 Å². The Morgan fingerprint density at radius 3 is 2.29 bits per heavy atom. The van der Waals surface area contributed by atoms with Crippen LogP contribution >= 0.6 is 11.6 Å². The minimum absolute atomic E-state index is 0.276. The highest BCUT2D eigenvalue weighted by atomic mass is 35.5. The maximum Gasteiger partial charge on any atom is 0.246 e. The predicted octanol–water partition coefficient (Wildman–Crippen LogP) is 3.19. The van der Waals surface area contributed by atoms with E-state index < -0.39 is 5.79 Å². The fourth-order valence-corrected chi connectivity index (χ4v) is 2.80. The van der Waals surface area contributed by atoms with E-state index in [4.69, 9.17) is 26.8 Å². The van der Waals surface area contributed by atoms with Crippen LogP contribution in [0.5, 0.6) is 11.5 Å². The number of ether oxygens (including phenoxy) is 2. The second-order valence-corrected chi connectivity index (χ2v) is 5.80. The Hall–Kier alpha value is -0.930. The van der Waals surface area contributed by atoms with Crippen LogP contribution in [0.3, 0.4) is 0 Å². The topological polar surface area (TPSA) is 44.5 Å². The molecule has 1 heterocycles. The summed E-state index contributed by atoms with van der Waals surface area (Å²) in [6, 6.07) is 3.75. The summed E-state index contributed by atoms with van der Waals surface area (Å²) in [5, 5.41) is 0.673. The molecule has 0 atom stereocenters. The van der Waals surface area contributed by atoms with Crippen LogP contribution in [0.25, 0.3) is 0 Å². The van der Waals surface area contributed by atoms with Gasteiger partial charge in [0.15, 0.2) is 11.5 Å². The average Bonchev–Trinajstić information content (AvgIpc) is 2.46. The molecule has 1 saturated carbocycles. The number of benzene rings is 1. The van der Waals surface area contributed by atoms with Crippen LogP contribution in [0.15, 0.2) is 12.1 Å². The van der Waals surface area contributed by atoms with Crippen molar-refractivity contribution in [3.8, 4) is 11.5 Å². The van der Waals surface area contributed by atoms with Gasteiger partial charge in [-0.15, -0.1) is 0 Å². The van der Waals surface area contributed by atoms with E-state index in [9.17, 15) is 0 Å². The Morgan fingerprint density at radius 1 is 1.18 bits per heavy atom.